The molecular formula is C28H32F2N2O4. The van der Waals surface area contributed by atoms with Crippen LogP contribution in [0.2, 0.25) is 0 Å². The Bertz CT molecular complexity index is 1210. The zero-order valence-electron chi connectivity index (χ0n) is 21.2. The van der Waals surface area contributed by atoms with E-state index in [0.29, 0.717) is 36.6 Å². The first-order valence-corrected chi connectivity index (χ1v) is 11.7. The van der Waals surface area contributed by atoms with Gasteiger partial charge in [-0.25, -0.2) is 13.6 Å². The molecule has 0 radical (unpaired) electrons. The second kappa shape index (κ2) is 10.9. The van der Waals surface area contributed by atoms with Gasteiger partial charge in [-0.1, -0.05) is 12.1 Å². The highest BCUT2D eigenvalue weighted by Gasteiger charge is 2.24. The van der Waals surface area contributed by atoms with Crippen molar-refractivity contribution in [3.63, 3.8) is 0 Å². The summed E-state index contributed by atoms with van der Waals surface area (Å²) in [6.07, 6.45) is 0.177. The first-order valence-electron chi connectivity index (χ1n) is 11.7. The van der Waals surface area contributed by atoms with E-state index in [1.807, 2.05) is 26.8 Å². The summed E-state index contributed by atoms with van der Waals surface area (Å²) < 4.78 is 38.1. The van der Waals surface area contributed by atoms with Crippen molar-refractivity contribution in [2.24, 2.45) is 0 Å². The molecule has 3 aromatic carbocycles. The summed E-state index contributed by atoms with van der Waals surface area (Å²) in [6.45, 7) is 7.13. The number of fused-ring (bicyclic) bond motifs is 1. The standard InChI is InChI=1S/C28H32F2N2O4/c1-27(2,3)36-26(34)32(5)17-7-16-31-25(33)20-10-15-23-19(18-20)8-6-9-24(23)35-22-13-11-21(12-14-22)28(4,29)30/h6,8-15,18H,7,16-17H2,1-5H3,(H,31,33). The van der Waals surface area contributed by atoms with Crippen LogP contribution in [0.4, 0.5) is 13.6 Å². The molecule has 3 aromatic rings. The number of amides is 2. The van der Waals surface area contributed by atoms with Crippen LogP contribution in [0.25, 0.3) is 10.8 Å². The Hall–Kier alpha value is -3.68. The van der Waals surface area contributed by atoms with Gasteiger partial charge in [-0.3, -0.25) is 4.79 Å². The van der Waals surface area contributed by atoms with Crippen LogP contribution in [0.1, 0.15) is 50.0 Å². The lowest BCUT2D eigenvalue weighted by atomic mass is 10.1. The Balaban J connectivity index is 1.59. The molecule has 36 heavy (non-hydrogen) atoms. The van der Waals surface area contributed by atoms with Crippen molar-refractivity contribution >= 4 is 22.8 Å². The van der Waals surface area contributed by atoms with Gasteiger partial charge in [-0.05, 0) is 81.1 Å². The predicted octanol–water partition coefficient (Wildman–Crippen LogP) is 6.73. The number of carbonyl (C=O) groups excluding carboxylic acids is 2. The van der Waals surface area contributed by atoms with Crippen molar-refractivity contribution < 1.29 is 27.8 Å². The highest BCUT2D eigenvalue weighted by atomic mass is 19.3. The minimum atomic E-state index is -2.91. The summed E-state index contributed by atoms with van der Waals surface area (Å²) in [5, 5.41) is 4.46. The zero-order chi connectivity index (χ0) is 26.5. The van der Waals surface area contributed by atoms with Crippen molar-refractivity contribution in [2.75, 3.05) is 20.1 Å². The van der Waals surface area contributed by atoms with Crippen LogP contribution in [-0.4, -0.2) is 42.6 Å². The summed E-state index contributed by atoms with van der Waals surface area (Å²) in [5.41, 5.74) is -0.146. The van der Waals surface area contributed by atoms with Crippen LogP contribution in [0.3, 0.4) is 0 Å². The number of nitrogens with one attached hydrogen (secondary N) is 1. The number of nitrogens with zero attached hydrogens (tertiary/aromatic N) is 1. The van der Waals surface area contributed by atoms with E-state index in [1.54, 1.807) is 37.4 Å². The van der Waals surface area contributed by atoms with Gasteiger partial charge < -0.3 is 19.7 Å². The van der Waals surface area contributed by atoms with Gasteiger partial charge in [0, 0.05) is 43.6 Å². The summed E-state index contributed by atoms with van der Waals surface area (Å²) in [4.78, 5) is 26.1. The molecule has 6 nitrogen and oxygen atoms in total. The van der Waals surface area contributed by atoms with Crippen LogP contribution in [0, 0.1) is 0 Å². The average molecular weight is 499 g/mol. The molecule has 0 aliphatic rings. The Morgan fingerprint density at radius 3 is 2.31 bits per heavy atom. The van der Waals surface area contributed by atoms with Crippen molar-refractivity contribution in [2.45, 2.75) is 45.6 Å². The molecule has 0 aliphatic carbocycles. The zero-order valence-corrected chi connectivity index (χ0v) is 21.2. The number of benzene rings is 3. The van der Waals surface area contributed by atoms with E-state index in [0.717, 1.165) is 17.7 Å². The number of halogens is 2. The van der Waals surface area contributed by atoms with Crippen molar-refractivity contribution in [1.29, 1.82) is 0 Å². The van der Waals surface area contributed by atoms with Gasteiger partial charge in [0.2, 0.25) is 0 Å². The first-order chi connectivity index (χ1) is 16.8. The molecule has 192 valence electrons. The maximum absolute atomic E-state index is 13.4. The second-order valence-corrected chi connectivity index (χ2v) is 9.72. The molecule has 0 bridgehead atoms. The maximum atomic E-state index is 13.4. The minimum Gasteiger partial charge on any atom is -0.457 e. The summed E-state index contributed by atoms with van der Waals surface area (Å²) in [6, 6.07) is 16.4. The average Bonchev–Trinajstić information content (AvgIpc) is 2.80. The van der Waals surface area contributed by atoms with E-state index in [2.05, 4.69) is 5.32 Å². The fourth-order valence-electron chi connectivity index (χ4n) is 3.48. The summed E-state index contributed by atoms with van der Waals surface area (Å²) in [5.74, 6) is -2.14. The van der Waals surface area contributed by atoms with Gasteiger partial charge in [0.05, 0.1) is 0 Å². The lowest BCUT2D eigenvalue weighted by Gasteiger charge is -2.24. The lowest BCUT2D eigenvalue weighted by molar-refractivity contribution is 0.0174. The lowest BCUT2D eigenvalue weighted by Crippen LogP contribution is -2.36. The molecule has 0 aromatic heterocycles. The molecule has 0 spiro atoms. The van der Waals surface area contributed by atoms with E-state index in [-0.39, 0.29) is 11.5 Å². The van der Waals surface area contributed by atoms with Gasteiger partial charge in [-0.2, -0.15) is 0 Å². The molecule has 0 fully saturated rings. The van der Waals surface area contributed by atoms with E-state index >= 15 is 0 Å². The molecule has 3 rings (SSSR count). The molecule has 0 aliphatic heterocycles. The summed E-state index contributed by atoms with van der Waals surface area (Å²) in [7, 11) is 1.66. The Morgan fingerprint density at radius 1 is 0.972 bits per heavy atom. The monoisotopic (exact) mass is 498 g/mol. The van der Waals surface area contributed by atoms with Gasteiger partial charge >= 0.3 is 6.09 Å². The normalized spacial score (nSPS) is 11.8. The number of rotatable bonds is 8. The SMILES string of the molecule is CN(CCCNC(=O)c1ccc2c(Oc3ccc(C(C)(F)F)cc3)cccc2c1)C(=O)OC(C)(C)C. The van der Waals surface area contributed by atoms with Crippen molar-refractivity contribution in [1.82, 2.24) is 10.2 Å². The molecule has 8 heteroatoms. The highest BCUT2D eigenvalue weighted by molar-refractivity contribution is 5.99. The molecule has 1 N–H and O–H groups in total. The number of ether oxygens (including phenoxy) is 2. The van der Waals surface area contributed by atoms with Crippen LogP contribution in [0.5, 0.6) is 11.5 Å². The molecule has 0 saturated carbocycles. The van der Waals surface area contributed by atoms with Crippen molar-refractivity contribution in [3.8, 4) is 11.5 Å². The topological polar surface area (TPSA) is 67.9 Å². The first kappa shape index (κ1) is 26.9. The molecule has 2 amide bonds. The Morgan fingerprint density at radius 2 is 1.67 bits per heavy atom. The maximum Gasteiger partial charge on any atom is 0.410 e. The van der Waals surface area contributed by atoms with Crippen LogP contribution < -0.4 is 10.1 Å². The quantitative estimate of drug-likeness (QED) is 0.350. The molecule has 0 unspecified atom stereocenters. The van der Waals surface area contributed by atoms with Gasteiger partial charge in [0.25, 0.3) is 11.8 Å². The van der Waals surface area contributed by atoms with Gasteiger partial charge in [0.1, 0.15) is 17.1 Å². The smallest absolute Gasteiger partial charge is 0.410 e. The van der Waals surface area contributed by atoms with Gasteiger partial charge in [0.15, 0.2) is 0 Å². The fraction of sp³-hybridized carbons (Fsp3) is 0.357. The Kier molecular flexibility index (Phi) is 8.17. The van der Waals surface area contributed by atoms with Crippen LogP contribution in [-0.2, 0) is 10.7 Å². The largest absolute Gasteiger partial charge is 0.457 e. The number of alkyl halides is 2. The molecule has 0 heterocycles. The van der Waals surface area contributed by atoms with E-state index < -0.39 is 17.6 Å². The predicted molar refractivity (Wildman–Crippen MR) is 136 cm³/mol. The van der Waals surface area contributed by atoms with Crippen LogP contribution >= 0.6 is 0 Å². The third-order valence-corrected chi connectivity index (χ3v) is 5.35. The summed E-state index contributed by atoms with van der Waals surface area (Å²) >= 11 is 0. The van der Waals surface area contributed by atoms with Crippen LogP contribution in [0.15, 0.2) is 60.7 Å². The second-order valence-electron chi connectivity index (χ2n) is 9.72. The third-order valence-electron chi connectivity index (χ3n) is 5.35. The van der Waals surface area contributed by atoms with E-state index in [9.17, 15) is 18.4 Å². The van der Waals surface area contributed by atoms with Crippen molar-refractivity contribution in [3.05, 3.63) is 71.8 Å². The number of hydrogen-bond donors (Lipinski definition) is 1. The van der Waals surface area contributed by atoms with Gasteiger partial charge in [-0.15, -0.1) is 0 Å². The number of carbonyl (C=O) groups is 2. The fourth-order valence-corrected chi connectivity index (χ4v) is 3.48. The number of hydrogen-bond acceptors (Lipinski definition) is 4. The van der Waals surface area contributed by atoms with E-state index in [4.69, 9.17) is 9.47 Å². The third kappa shape index (κ3) is 7.41. The van der Waals surface area contributed by atoms with E-state index in [1.165, 1.54) is 29.2 Å². The Labute approximate surface area is 210 Å². The molecule has 0 saturated heterocycles. The highest BCUT2D eigenvalue weighted by Crippen LogP contribution is 2.33. The molecular weight excluding hydrogens is 466 g/mol. The minimum absolute atomic E-state index is 0.0834. The molecule has 0 atom stereocenters.